The van der Waals surface area contributed by atoms with Crippen molar-refractivity contribution in [2.45, 2.75) is 40.2 Å². The lowest BCUT2D eigenvalue weighted by Gasteiger charge is -2.14. The molecule has 2 aromatic heterocycles. The first-order valence-corrected chi connectivity index (χ1v) is 8.05. The summed E-state index contributed by atoms with van der Waals surface area (Å²) in [6, 6.07) is 2.13. The highest BCUT2D eigenvalue weighted by Gasteiger charge is 2.09. The maximum absolute atomic E-state index is 4.60. The molecule has 0 amide bonds. The van der Waals surface area contributed by atoms with E-state index in [4.69, 9.17) is 0 Å². The third-order valence-corrected chi connectivity index (χ3v) is 3.82. The minimum absolute atomic E-state index is 0.803. The summed E-state index contributed by atoms with van der Waals surface area (Å²) >= 11 is 1.72. The zero-order chi connectivity index (χ0) is 14.4. The second kappa shape index (κ2) is 7.24. The van der Waals surface area contributed by atoms with Crippen LogP contribution in [0.3, 0.4) is 0 Å². The van der Waals surface area contributed by atoms with Gasteiger partial charge in [-0.2, -0.15) is 11.3 Å². The highest BCUT2D eigenvalue weighted by Crippen LogP contribution is 2.21. The molecule has 20 heavy (non-hydrogen) atoms. The second-order valence-electron chi connectivity index (χ2n) is 4.73. The number of nitrogens with zero attached hydrogens (tertiary/aromatic N) is 2. The van der Waals surface area contributed by atoms with E-state index in [1.807, 2.05) is 0 Å². The van der Waals surface area contributed by atoms with Crippen molar-refractivity contribution in [3.8, 4) is 0 Å². The maximum atomic E-state index is 4.60. The van der Waals surface area contributed by atoms with Crippen LogP contribution in [-0.2, 0) is 13.0 Å². The summed E-state index contributed by atoms with van der Waals surface area (Å²) < 4.78 is 0. The van der Waals surface area contributed by atoms with Crippen LogP contribution >= 0.6 is 11.3 Å². The van der Waals surface area contributed by atoms with E-state index in [9.17, 15) is 0 Å². The van der Waals surface area contributed by atoms with Crippen molar-refractivity contribution in [1.82, 2.24) is 9.97 Å². The largest absolute Gasteiger partial charge is 0.370 e. The van der Waals surface area contributed by atoms with Crippen LogP contribution < -0.4 is 10.6 Å². The standard InChI is InChI=1S/C15H22N4S/c1-4-7-16-14-11(3)15(19-13(5-2)18-14)17-9-12-6-8-20-10-12/h6,8,10H,4-5,7,9H2,1-3H3,(H2,16,17,18,19). The number of rotatable bonds is 7. The molecule has 4 nitrogen and oxygen atoms in total. The molecule has 2 aromatic rings. The Morgan fingerprint density at radius 3 is 2.50 bits per heavy atom. The van der Waals surface area contributed by atoms with Crippen LogP contribution in [0.15, 0.2) is 16.8 Å². The minimum Gasteiger partial charge on any atom is -0.370 e. The van der Waals surface area contributed by atoms with Crippen molar-refractivity contribution in [3.05, 3.63) is 33.8 Å². The summed E-state index contributed by atoms with van der Waals surface area (Å²) in [7, 11) is 0. The molecule has 0 saturated carbocycles. The third kappa shape index (κ3) is 3.70. The van der Waals surface area contributed by atoms with Gasteiger partial charge in [0.2, 0.25) is 0 Å². The van der Waals surface area contributed by atoms with Gasteiger partial charge < -0.3 is 10.6 Å². The van der Waals surface area contributed by atoms with E-state index in [0.29, 0.717) is 0 Å². The molecule has 0 unspecified atom stereocenters. The Hall–Kier alpha value is -1.62. The molecule has 0 spiro atoms. The number of nitrogens with one attached hydrogen (secondary N) is 2. The quantitative estimate of drug-likeness (QED) is 0.813. The highest BCUT2D eigenvalue weighted by molar-refractivity contribution is 7.07. The van der Waals surface area contributed by atoms with Crippen molar-refractivity contribution in [1.29, 1.82) is 0 Å². The zero-order valence-electron chi connectivity index (χ0n) is 12.4. The van der Waals surface area contributed by atoms with E-state index < -0.39 is 0 Å². The fourth-order valence-electron chi connectivity index (χ4n) is 1.89. The van der Waals surface area contributed by atoms with Gasteiger partial charge in [0, 0.05) is 25.1 Å². The smallest absolute Gasteiger partial charge is 0.135 e. The van der Waals surface area contributed by atoms with Gasteiger partial charge in [-0.05, 0) is 35.7 Å². The summed E-state index contributed by atoms with van der Waals surface area (Å²) in [5.74, 6) is 2.76. The van der Waals surface area contributed by atoms with Gasteiger partial charge in [0.05, 0.1) is 0 Å². The van der Waals surface area contributed by atoms with Gasteiger partial charge in [-0.25, -0.2) is 9.97 Å². The van der Waals surface area contributed by atoms with Gasteiger partial charge in [0.15, 0.2) is 0 Å². The van der Waals surface area contributed by atoms with E-state index in [1.54, 1.807) is 11.3 Å². The normalized spacial score (nSPS) is 10.6. The number of aromatic nitrogens is 2. The monoisotopic (exact) mass is 290 g/mol. The van der Waals surface area contributed by atoms with Crippen molar-refractivity contribution in [2.75, 3.05) is 17.2 Å². The third-order valence-electron chi connectivity index (χ3n) is 3.09. The van der Waals surface area contributed by atoms with Gasteiger partial charge in [0.1, 0.15) is 17.5 Å². The van der Waals surface area contributed by atoms with Crippen LogP contribution in [0.25, 0.3) is 0 Å². The first kappa shape index (κ1) is 14.8. The molecular formula is C15H22N4S. The fraction of sp³-hybridized carbons (Fsp3) is 0.467. The van der Waals surface area contributed by atoms with E-state index in [2.05, 4.69) is 58.2 Å². The Kier molecular flexibility index (Phi) is 5.35. The molecule has 5 heteroatoms. The molecule has 0 radical (unpaired) electrons. The lowest BCUT2D eigenvalue weighted by Crippen LogP contribution is -2.11. The minimum atomic E-state index is 0.803. The molecule has 2 heterocycles. The second-order valence-corrected chi connectivity index (χ2v) is 5.51. The summed E-state index contributed by atoms with van der Waals surface area (Å²) in [5.41, 5.74) is 2.38. The molecule has 0 bridgehead atoms. The summed E-state index contributed by atoms with van der Waals surface area (Å²) in [4.78, 5) is 9.17. The lowest BCUT2D eigenvalue weighted by atomic mass is 10.2. The topological polar surface area (TPSA) is 49.8 Å². The van der Waals surface area contributed by atoms with Gasteiger partial charge in [-0.1, -0.05) is 13.8 Å². The van der Waals surface area contributed by atoms with Crippen LogP contribution in [0.1, 0.15) is 37.2 Å². The van der Waals surface area contributed by atoms with Crippen LogP contribution in [-0.4, -0.2) is 16.5 Å². The zero-order valence-corrected chi connectivity index (χ0v) is 13.2. The number of aryl methyl sites for hydroxylation is 1. The SMILES string of the molecule is CCCNc1nc(CC)nc(NCc2ccsc2)c1C. The predicted octanol–water partition coefficient (Wildman–Crippen LogP) is 3.84. The maximum Gasteiger partial charge on any atom is 0.135 e. The average Bonchev–Trinajstić information content (AvgIpc) is 2.98. The molecule has 0 atom stereocenters. The Morgan fingerprint density at radius 1 is 1.15 bits per heavy atom. The molecule has 0 saturated heterocycles. The Bertz CT molecular complexity index is 537. The fourth-order valence-corrected chi connectivity index (χ4v) is 2.56. The molecule has 2 N–H and O–H groups in total. The van der Waals surface area contributed by atoms with Crippen molar-refractivity contribution in [3.63, 3.8) is 0 Å². The number of hydrogen-bond donors (Lipinski definition) is 2. The first-order valence-electron chi connectivity index (χ1n) is 7.10. The molecule has 0 aromatic carbocycles. The average molecular weight is 290 g/mol. The van der Waals surface area contributed by atoms with E-state index in [1.165, 1.54) is 5.56 Å². The van der Waals surface area contributed by atoms with Gasteiger partial charge >= 0.3 is 0 Å². The molecule has 0 aliphatic rings. The molecular weight excluding hydrogens is 268 g/mol. The Morgan fingerprint density at radius 2 is 1.90 bits per heavy atom. The molecule has 2 rings (SSSR count). The summed E-state index contributed by atoms with van der Waals surface area (Å²) in [6.07, 6.45) is 1.93. The lowest BCUT2D eigenvalue weighted by molar-refractivity contribution is 0.903. The first-order chi connectivity index (χ1) is 9.74. The van der Waals surface area contributed by atoms with Crippen LogP contribution in [0.2, 0.25) is 0 Å². The van der Waals surface area contributed by atoms with Gasteiger partial charge in [0.25, 0.3) is 0 Å². The van der Waals surface area contributed by atoms with E-state index >= 15 is 0 Å². The number of hydrogen-bond acceptors (Lipinski definition) is 5. The van der Waals surface area contributed by atoms with Gasteiger partial charge in [-0.3, -0.25) is 0 Å². The van der Waals surface area contributed by atoms with Crippen LogP contribution in [0.5, 0.6) is 0 Å². The van der Waals surface area contributed by atoms with Crippen LogP contribution in [0, 0.1) is 6.92 Å². The number of anilines is 2. The Balaban J connectivity index is 2.17. The van der Waals surface area contributed by atoms with Crippen molar-refractivity contribution >= 4 is 23.0 Å². The molecule has 0 aliphatic carbocycles. The highest BCUT2D eigenvalue weighted by atomic mass is 32.1. The Labute approximate surface area is 124 Å². The molecule has 0 aliphatic heterocycles. The van der Waals surface area contributed by atoms with Gasteiger partial charge in [-0.15, -0.1) is 0 Å². The molecule has 108 valence electrons. The van der Waals surface area contributed by atoms with Crippen molar-refractivity contribution in [2.24, 2.45) is 0 Å². The van der Waals surface area contributed by atoms with Crippen molar-refractivity contribution < 1.29 is 0 Å². The summed E-state index contributed by atoms with van der Waals surface area (Å²) in [5, 5.41) is 11.1. The summed E-state index contributed by atoms with van der Waals surface area (Å²) in [6.45, 7) is 8.03. The van der Waals surface area contributed by atoms with E-state index in [0.717, 1.165) is 49.0 Å². The number of thiophene rings is 1. The van der Waals surface area contributed by atoms with E-state index in [-0.39, 0.29) is 0 Å². The predicted molar refractivity (Wildman–Crippen MR) is 86.6 cm³/mol. The van der Waals surface area contributed by atoms with Crippen LogP contribution in [0.4, 0.5) is 11.6 Å². The molecule has 0 fully saturated rings.